The van der Waals surface area contributed by atoms with E-state index in [0.717, 1.165) is 48.5 Å². The van der Waals surface area contributed by atoms with Gasteiger partial charge in [-0.2, -0.15) is 0 Å². The van der Waals surface area contributed by atoms with Gasteiger partial charge in [-0.15, -0.1) is 0 Å². The fourth-order valence-electron chi connectivity index (χ4n) is 2.42. The molecule has 2 heterocycles. The van der Waals surface area contributed by atoms with Crippen LogP contribution in [-0.2, 0) is 15.9 Å². The highest BCUT2D eigenvalue weighted by molar-refractivity contribution is 5.28. The summed E-state index contributed by atoms with van der Waals surface area (Å²) in [6.45, 7) is 2.65. The molecule has 2 aromatic rings. The zero-order chi connectivity index (χ0) is 15.9. The number of unbranched alkanes of at least 4 members (excludes halogenated alkanes) is 2. The van der Waals surface area contributed by atoms with Crippen molar-refractivity contribution in [3.63, 3.8) is 0 Å². The second-order valence-corrected chi connectivity index (χ2v) is 5.54. The van der Waals surface area contributed by atoms with Crippen molar-refractivity contribution in [1.82, 2.24) is 5.16 Å². The van der Waals surface area contributed by atoms with Crippen molar-refractivity contribution >= 4 is 0 Å². The molecule has 0 atom stereocenters. The summed E-state index contributed by atoms with van der Waals surface area (Å²) in [4.78, 5) is 0. The molecular weight excluding hydrogens is 294 g/mol. The van der Waals surface area contributed by atoms with Gasteiger partial charge < -0.3 is 18.7 Å². The predicted octanol–water partition coefficient (Wildman–Crippen LogP) is 4.29. The lowest BCUT2D eigenvalue weighted by molar-refractivity contribution is -0.0246. The van der Waals surface area contributed by atoms with Crippen molar-refractivity contribution < 1.29 is 18.7 Å². The molecule has 0 spiro atoms. The van der Waals surface area contributed by atoms with Crippen molar-refractivity contribution in [2.45, 2.75) is 38.9 Å². The third-order valence-electron chi connectivity index (χ3n) is 3.63. The molecule has 3 rings (SSSR count). The van der Waals surface area contributed by atoms with Gasteiger partial charge in [0.25, 0.3) is 6.29 Å². The van der Waals surface area contributed by atoms with Crippen LogP contribution >= 0.6 is 0 Å². The minimum absolute atomic E-state index is 0.330. The molecule has 0 saturated carbocycles. The zero-order valence-electron chi connectivity index (χ0n) is 13.2. The second-order valence-electron chi connectivity index (χ2n) is 5.54. The van der Waals surface area contributed by atoms with Gasteiger partial charge in [0, 0.05) is 18.1 Å². The van der Waals surface area contributed by atoms with Gasteiger partial charge in [0.1, 0.15) is 24.0 Å². The summed E-state index contributed by atoms with van der Waals surface area (Å²) in [6.07, 6.45) is 6.92. The molecular formula is C18H21NO4. The van der Waals surface area contributed by atoms with E-state index < -0.39 is 0 Å². The minimum atomic E-state index is -0.330. The van der Waals surface area contributed by atoms with Crippen molar-refractivity contribution in [3.05, 3.63) is 59.9 Å². The molecule has 0 radical (unpaired) electrons. The Morgan fingerprint density at radius 1 is 1.04 bits per heavy atom. The van der Waals surface area contributed by atoms with Gasteiger partial charge in [-0.05, 0) is 50.5 Å². The van der Waals surface area contributed by atoms with E-state index in [9.17, 15) is 0 Å². The van der Waals surface area contributed by atoms with E-state index in [1.165, 1.54) is 0 Å². The number of ether oxygens (including phenoxy) is 3. The van der Waals surface area contributed by atoms with E-state index in [2.05, 4.69) is 5.16 Å². The Balaban J connectivity index is 1.31. The Kier molecular flexibility index (Phi) is 5.19. The van der Waals surface area contributed by atoms with Crippen molar-refractivity contribution in [1.29, 1.82) is 0 Å². The third-order valence-corrected chi connectivity index (χ3v) is 3.63. The van der Waals surface area contributed by atoms with Gasteiger partial charge in [0.2, 0.25) is 0 Å². The van der Waals surface area contributed by atoms with E-state index in [1.807, 2.05) is 37.3 Å². The molecule has 1 aromatic heterocycles. The first kappa shape index (κ1) is 15.5. The topological polar surface area (TPSA) is 53.7 Å². The van der Waals surface area contributed by atoms with Crippen LogP contribution in [0, 0.1) is 6.92 Å². The fraction of sp³-hybridized carbons (Fsp3) is 0.389. The number of nitrogens with zero attached hydrogens (tertiary/aromatic N) is 1. The monoisotopic (exact) mass is 315 g/mol. The number of aromatic nitrogens is 1. The average Bonchev–Trinajstić information content (AvgIpc) is 3.23. The average molecular weight is 315 g/mol. The Morgan fingerprint density at radius 3 is 2.52 bits per heavy atom. The van der Waals surface area contributed by atoms with Gasteiger partial charge in [-0.3, -0.25) is 0 Å². The highest BCUT2D eigenvalue weighted by Gasteiger charge is 2.14. The second kappa shape index (κ2) is 7.72. The number of hydrogen-bond donors (Lipinski definition) is 0. The molecule has 0 unspecified atom stereocenters. The molecule has 1 aliphatic heterocycles. The number of aryl methyl sites for hydroxylation is 2. The van der Waals surface area contributed by atoms with Gasteiger partial charge in [0.05, 0.1) is 12.3 Å². The highest BCUT2D eigenvalue weighted by atomic mass is 16.7. The quantitative estimate of drug-likeness (QED) is 0.680. The standard InChI is InChI=1S/C18H21NO4/c1-14-13-17(23-19-14)5-3-2-4-10-20-16-8-6-15(7-9-16)18-21-11-12-22-18/h6-9,11-13,18H,2-5,10H2,1H3. The summed E-state index contributed by atoms with van der Waals surface area (Å²) >= 11 is 0. The Hall–Kier alpha value is -2.43. The molecule has 0 aliphatic carbocycles. The van der Waals surface area contributed by atoms with Crippen LogP contribution in [0.15, 0.2) is 47.4 Å². The number of hydrogen-bond acceptors (Lipinski definition) is 5. The fourth-order valence-corrected chi connectivity index (χ4v) is 2.42. The van der Waals surface area contributed by atoms with Crippen LogP contribution in [0.3, 0.4) is 0 Å². The number of benzene rings is 1. The molecule has 0 bridgehead atoms. The summed E-state index contributed by atoms with van der Waals surface area (Å²) in [6, 6.07) is 9.79. The maximum absolute atomic E-state index is 5.75. The van der Waals surface area contributed by atoms with Crippen LogP contribution in [-0.4, -0.2) is 11.8 Å². The molecule has 5 nitrogen and oxygen atoms in total. The molecule has 0 fully saturated rings. The molecule has 5 heteroatoms. The van der Waals surface area contributed by atoms with Crippen molar-refractivity contribution in [2.24, 2.45) is 0 Å². The van der Waals surface area contributed by atoms with Gasteiger partial charge >= 0.3 is 0 Å². The molecule has 23 heavy (non-hydrogen) atoms. The van der Waals surface area contributed by atoms with Crippen LogP contribution in [0.1, 0.15) is 42.6 Å². The van der Waals surface area contributed by atoms with Gasteiger partial charge in [-0.1, -0.05) is 5.16 Å². The summed E-state index contributed by atoms with van der Waals surface area (Å²) in [7, 11) is 0. The summed E-state index contributed by atoms with van der Waals surface area (Å²) in [5.74, 6) is 1.83. The van der Waals surface area contributed by atoms with E-state index in [0.29, 0.717) is 6.61 Å². The minimum Gasteiger partial charge on any atom is -0.494 e. The first-order valence-electron chi connectivity index (χ1n) is 7.92. The zero-order valence-corrected chi connectivity index (χ0v) is 13.2. The molecule has 122 valence electrons. The van der Waals surface area contributed by atoms with Crippen LogP contribution in [0.5, 0.6) is 5.75 Å². The Morgan fingerprint density at radius 2 is 1.83 bits per heavy atom. The van der Waals surface area contributed by atoms with Gasteiger partial charge in [0.15, 0.2) is 0 Å². The summed E-state index contributed by atoms with van der Waals surface area (Å²) in [5, 5.41) is 3.89. The molecule has 1 aromatic carbocycles. The van der Waals surface area contributed by atoms with Crippen LogP contribution < -0.4 is 4.74 Å². The lowest BCUT2D eigenvalue weighted by Crippen LogP contribution is -2.00. The van der Waals surface area contributed by atoms with Crippen LogP contribution in [0.2, 0.25) is 0 Å². The summed E-state index contributed by atoms with van der Waals surface area (Å²) in [5.41, 5.74) is 1.92. The lowest BCUT2D eigenvalue weighted by atomic mass is 10.1. The molecule has 0 saturated heterocycles. The smallest absolute Gasteiger partial charge is 0.266 e. The van der Waals surface area contributed by atoms with Crippen molar-refractivity contribution in [2.75, 3.05) is 6.61 Å². The molecule has 1 aliphatic rings. The van der Waals surface area contributed by atoms with E-state index in [-0.39, 0.29) is 6.29 Å². The molecule has 0 N–H and O–H groups in total. The summed E-state index contributed by atoms with van der Waals surface area (Å²) < 4.78 is 21.5. The Labute approximate surface area is 135 Å². The first-order valence-corrected chi connectivity index (χ1v) is 7.92. The normalized spacial score (nSPS) is 13.8. The molecule has 0 amide bonds. The largest absolute Gasteiger partial charge is 0.494 e. The van der Waals surface area contributed by atoms with Gasteiger partial charge in [-0.25, -0.2) is 0 Å². The number of rotatable bonds is 8. The maximum Gasteiger partial charge on any atom is 0.266 e. The lowest BCUT2D eigenvalue weighted by Gasteiger charge is -2.11. The third kappa shape index (κ3) is 4.52. The van der Waals surface area contributed by atoms with Crippen LogP contribution in [0.4, 0.5) is 0 Å². The van der Waals surface area contributed by atoms with E-state index >= 15 is 0 Å². The SMILES string of the molecule is Cc1cc(CCCCCOc2ccc(C3OC=CO3)cc2)on1. The highest BCUT2D eigenvalue weighted by Crippen LogP contribution is 2.25. The van der Waals surface area contributed by atoms with Crippen LogP contribution in [0.25, 0.3) is 0 Å². The van der Waals surface area contributed by atoms with E-state index in [4.69, 9.17) is 18.7 Å². The Bertz CT molecular complexity index is 625. The maximum atomic E-state index is 5.75. The predicted molar refractivity (Wildman–Crippen MR) is 84.8 cm³/mol. The first-order chi connectivity index (χ1) is 11.3. The van der Waals surface area contributed by atoms with E-state index in [1.54, 1.807) is 12.5 Å². The van der Waals surface area contributed by atoms with Crippen molar-refractivity contribution in [3.8, 4) is 5.75 Å².